The first-order valence-corrected chi connectivity index (χ1v) is 8.56. The molecule has 2 N–H and O–H groups in total. The summed E-state index contributed by atoms with van der Waals surface area (Å²) in [4.78, 5) is 3.65. The molecule has 0 amide bonds. The molecule has 0 aliphatic heterocycles. The van der Waals surface area contributed by atoms with Crippen LogP contribution >= 0.6 is 34.5 Å². The second-order valence-corrected chi connectivity index (χ2v) is 7.01. The van der Waals surface area contributed by atoms with Crippen molar-refractivity contribution in [2.24, 2.45) is 5.73 Å². The van der Waals surface area contributed by atoms with Crippen molar-refractivity contribution < 1.29 is 0 Å². The molecule has 2 nitrogen and oxygen atoms in total. The van der Waals surface area contributed by atoms with Gasteiger partial charge in [0.2, 0.25) is 0 Å². The van der Waals surface area contributed by atoms with Gasteiger partial charge in [-0.2, -0.15) is 0 Å². The maximum absolute atomic E-state index is 6.35. The molecule has 2 rings (SSSR count). The number of halogens is 2. The highest BCUT2D eigenvalue weighted by molar-refractivity contribution is 7.09. The van der Waals surface area contributed by atoms with Crippen molar-refractivity contribution in [2.75, 3.05) is 13.6 Å². The molecule has 0 saturated carbocycles. The van der Waals surface area contributed by atoms with Gasteiger partial charge in [0.15, 0.2) is 0 Å². The van der Waals surface area contributed by atoms with E-state index in [1.165, 1.54) is 4.88 Å². The molecule has 5 heteroatoms. The van der Waals surface area contributed by atoms with Crippen LogP contribution in [0.1, 0.15) is 23.4 Å². The number of benzene rings is 1. The molecule has 0 radical (unpaired) electrons. The van der Waals surface area contributed by atoms with E-state index in [2.05, 4.69) is 36.4 Å². The van der Waals surface area contributed by atoms with Crippen LogP contribution in [0.15, 0.2) is 35.7 Å². The van der Waals surface area contributed by atoms with Gasteiger partial charge in [-0.15, -0.1) is 11.3 Å². The van der Waals surface area contributed by atoms with Crippen molar-refractivity contribution >= 4 is 34.5 Å². The van der Waals surface area contributed by atoms with Crippen LogP contribution in [0.2, 0.25) is 10.0 Å². The molecule has 2 aromatic rings. The zero-order valence-electron chi connectivity index (χ0n) is 12.2. The van der Waals surface area contributed by atoms with E-state index in [0.717, 1.165) is 12.0 Å². The summed E-state index contributed by atoms with van der Waals surface area (Å²) in [7, 11) is 2.09. The number of thiophene rings is 1. The maximum Gasteiger partial charge on any atom is 0.0640 e. The molecule has 1 aromatic carbocycles. The quantitative estimate of drug-likeness (QED) is 0.829. The number of likely N-dealkylation sites (N-methyl/N-ethyl adjacent to an activating group) is 1. The molecular formula is C16H20Cl2N2S. The molecule has 0 saturated heterocycles. The third kappa shape index (κ3) is 3.99. The van der Waals surface area contributed by atoms with E-state index >= 15 is 0 Å². The standard InChI is InChI=1S/C16H20Cl2N2S/c1-11(9-12-5-4-8-21-12)20(2)15(10-19)13-6-3-7-14(17)16(13)18/h3-8,11,15H,9-10,19H2,1-2H3. The SMILES string of the molecule is CC(Cc1cccs1)N(C)C(CN)c1cccc(Cl)c1Cl. The normalized spacial score (nSPS) is 14.4. The summed E-state index contributed by atoms with van der Waals surface area (Å²) < 4.78 is 0. The van der Waals surface area contributed by atoms with Gasteiger partial charge in [-0.05, 0) is 43.5 Å². The van der Waals surface area contributed by atoms with Gasteiger partial charge in [0.1, 0.15) is 0 Å². The van der Waals surface area contributed by atoms with E-state index in [-0.39, 0.29) is 6.04 Å². The number of nitrogens with two attached hydrogens (primary N) is 1. The predicted molar refractivity (Wildman–Crippen MR) is 93.5 cm³/mol. The van der Waals surface area contributed by atoms with Crippen LogP contribution in [-0.2, 0) is 6.42 Å². The van der Waals surface area contributed by atoms with Gasteiger partial charge in [-0.25, -0.2) is 0 Å². The maximum atomic E-state index is 6.35. The van der Waals surface area contributed by atoms with Gasteiger partial charge in [0.05, 0.1) is 10.0 Å². The van der Waals surface area contributed by atoms with E-state index in [1.54, 1.807) is 17.4 Å². The third-order valence-corrected chi connectivity index (χ3v) is 5.56. The fraction of sp³-hybridized carbons (Fsp3) is 0.375. The minimum Gasteiger partial charge on any atom is -0.329 e. The van der Waals surface area contributed by atoms with E-state index in [4.69, 9.17) is 28.9 Å². The number of hydrogen-bond donors (Lipinski definition) is 1. The molecule has 2 unspecified atom stereocenters. The van der Waals surface area contributed by atoms with Crippen LogP contribution < -0.4 is 5.73 Å². The lowest BCUT2D eigenvalue weighted by atomic mass is 10.0. The van der Waals surface area contributed by atoms with Crippen LogP contribution in [0.4, 0.5) is 0 Å². The molecule has 0 aliphatic carbocycles. The molecule has 0 bridgehead atoms. The van der Waals surface area contributed by atoms with Gasteiger partial charge < -0.3 is 5.73 Å². The van der Waals surface area contributed by atoms with Crippen molar-refractivity contribution in [1.29, 1.82) is 0 Å². The topological polar surface area (TPSA) is 29.3 Å². The summed E-state index contributed by atoms with van der Waals surface area (Å²) >= 11 is 14.3. The Morgan fingerprint density at radius 1 is 1.24 bits per heavy atom. The Hall–Kier alpha value is -0.580. The lowest BCUT2D eigenvalue weighted by Crippen LogP contribution is -2.38. The molecule has 0 fully saturated rings. The first kappa shape index (κ1) is 16.8. The van der Waals surface area contributed by atoms with Crippen molar-refractivity contribution in [1.82, 2.24) is 4.90 Å². The molecule has 1 aromatic heterocycles. The summed E-state index contributed by atoms with van der Waals surface area (Å²) in [6, 6.07) is 10.4. The van der Waals surface area contributed by atoms with Gasteiger partial charge in [0, 0.05) is 23.5 Å². The fourth-order valence-electron chi connectivity index (χ4n) is 2.46. The average molecular weight is 343 g/mol. The largest absolute Gasteiger partial charge is 0.329 e. The highest BCUT2D eigenvalue weighted by atomic mass is 35.5. The molecule has 21 heavy (non-hydrogen) atoms. The Labute approximate surface area is 140 Å². The smallest absolute Gasteiger partial charge is 0.0640 e. The Bertz CT molecular complexity index is 572. The summed E-state index contributed by atoms with van der Waals surface area (Å²) in [6.07, 6.45) is 1.00. The van der Waals surface area contributed by atoms with E-state index < -0.39 is 0 Å². The first-order valence-electron chi connectivity index (χ1n) is 6.93. The van der Waals surface area contributed by atoms with Crippen LogP contribution in [0.25, 0.3) is 0 Å². The first-order chi connectivity index (χ1) is 10.0. The molecule has 1 heterocycles. The van der Waals surface area contributed by atoms with E-state index in [9.17, 15) is 0 Å². The van der Waals surface area contributed by atoms with Gasteiger partial charge in [-0.3, -0.25) is 4.90 Å². The summed E-state index contributed by atoms with van der Waals surface area (Å²) in [6.45, 7) is 2.71. The highest BCUT2D eigenvalue weighted by Gasteiger charge is 2.23. The lowest BCUT2D eigenvalue weighted by Gasteiger charge is -2.33. The zero-order valence-corrected chi connectivity index (χ0v) is 14.6. The Morgan fingerprint density at radius 3 is 2.62 bits per heavy atom. The van der Waals surface area contributed by atoms with E-state index in [1.807, 2.05) is 12.1 Å². The van der Waals surface area contributed by atoms with Crippen LogP contribution in [0.3, 0.4) is 0 Å². The van der Waals surface area contributed by atoms with Gasteiger partial charge in [0.25, 0.3) is 0 Å². The molecule has 0 spiro atoms. The van der Waals surface area contributed by atoms with Gasteiger partial charge in [-0.1, -0.05) is 41.4 Å². The van der Waals surface area contributed by atoms with Crippen molar-refractivity contribution in [3.8, 4) is 0 Å². The average Bonchev–Trinajstić information content (AvgIpc) is 2.97. The highest BCUT2D eigenvalue weighted by Crippen LogP contribution is 2.33. The van der Waals surface area contributed by atoms with Crippen molar-refractivity contribution in [3.63, 3.8) is 0 Å². The fourth-order valence-corrected chi connectivity index (χ4v) is 3.72. The molecular weight excluding hydrogens is 323 g/mol. The number of hydrogen-bond acceptors (Lipinski definition) is 3. The van der Waals surface area contributed by atoms with Crippen LogP contribution in [0, 0.1) is 0 Å². The monoisotopic (exact) mass is 342 g/mol. The van der Waals surface area contributed by atoms with Crippen LogP contribution in [-0.4, -0.2) is 24.5 Å². The van der Waals surface area contributed by atoms with Crippen molar-refractivity contribution in [2.45, 2.75) is 25.4 Å². The third-order valence-electron chi connectivity index (χ3n) is 3.83. The van der Waals surface area contributed by atoms with Crippen molar-refractivity contribution in [3.05, 3.63) is 56.2 Å². The predicted octanol–water partition coefficient (Wildman–Crippen LogP) is 4.62. The van der Waals surface area contributed by atoms with Gasteiger partial charge >= 0.3 is 0 Å². The Kier molecular flexibility index (Phi) is 6.08. The Morgan fingerprint density at radius 2 is 2.00 bits per heavy atom. The summed E-state index contributed by atoms with van der Waals surface area (Å²) in [5.74, 6) is 0. The minimum atomic E-state index is 0.0613. The number of rotatable bonds is 6. The molecule has 0 aliphatic rings. The Balaban J connectivity index is 2.17. The molecule has 2 atom stereocenters. The lowest BCUT2D eigenvalue weighted by molar-refractivity contribution is 0.188. The summed E-state index contributed by atoms with van der Waals surface area (Å²) in [5, 5.41) is 3.28. The zero-order chi connectivity index (χ0) is 15.4. The van der Waals surface area contributed by atoms with Crippen LogP contribution in [0.5, 0.6) is 0 Å². The number of nitrogens with zero attached hydrogens (tertiary/aromatic N) is 1. The summed E-state index contributed by atoms with van der Waals surface area (Å²) in [5.41, 5.74) is 6.99. The minimum absolute atomic E-state index is 0.0613. The molecule has 114 valence electrons. The second kappa shape index (κ2) is 7.61. The van der Waals surface area contributed by atoms with E-state index in [0.29, 0.717) is 22.6 Å². The second-order valence-electron chi connectivity index (χ2n) is 5.19.